The third-order valence-corrected chi connectivity index (χ3v) is 10.5. The summed E-state index contributed by atoms with van der Waals surface area (Å²) in [7, 11) is -0.823. The Labute approximate surface area is 194 Å². The number of carbonyl (C=O) groups excluding carboxylic acids is 2. The molecule has 0 amide bonds. The smallest absolute Gasteiger partial charge is 0.436 e. The van der Waals surface area contributed by atoms with E-state index in [9.17, 15) is 9.59 Å². The molecule has 8 nitrogen and oxygen atoms in total. The van der Waals surface area contributed by atoms with Gasteiger partial charge < -0.3 is 28.1 Å². The van der Waals surface area contributed by atoms with Gasteiger partial charge in [-0.2, -0.15) is 0 Å². The predicted molar refractivity (Wildman–Crippen MR) is 124 cm³/mol. The Bertz CT molecular complexity index is 674. The van der Waals surface area contributed by atoms with Crippen LogP contribution in [0.1, 0.15) is 55.4 Å². The average molecular weight is 475 g/mol. The Kier molecular flexibility index (Phi) is 9.15. The Balaban J connectivity index is 3.23. The highest BCUT2D eigenvalue weighted by molar-refractivity contribution is 6.74. The molecule has 186 valence electrons. The third kappa shape index (κ3) is 7.04. The second kappa shape index (κ2) is 10.2. The van der Waals surface area contributed by atoms with Crippen molar-refractivity contribution in [3.8, 4) is 0 Å². The zero-order valence-corrected chi connectivity index (χ0v) is 22.6. The zero-order valence-electron chi connectivity index (χ0n) is 21.6. The van der Waals surface area contributed by atoms with Crippen molar-refractivity contribution in [2.24, 2.45) is 5.41 Å². The molecule has 0 spiro atoms. The van der Waals surface area contributed by atoms with E-state index in [1.54, 1.807) is 20.8 Å². The summed E-state index contributed by atoms with van der Waals surface area (Å²) in [5, 5.41) is -0.128. The lowest BCUT2D eigenvalue weighted by molar-refractivity contribution is -0.235. The molecule has 0 N–H and O–H groups in total. The molecule has 1 aliphatic heterocycles. The van der Waals surface area contributed by atoms with Gasteiger partial charge in [0.25, 0.3) is 0 Å². The van der Waals surface area contributed by atoms with E-state index < -0.39 is 55.9 Å². The van der Waals surface area contributed by atoms with Gasteiger partial charge in [0, 0.05) is 12.5 Å². The van der Waals surface area contributed by atoms with E-state index >= 15 is 0 Å². The Morgan fingerprint density at radius 1 is 1.16 bits per heavy atom. The van der Waals surface area contributed by atoms with Crippen LogP contribution in [0.25, 0.3) is 0 Å². The minimum Gasteiger partial charge on any atom is -0.436 e. The van der Waals surface area contributed by atoms with Gasteiger partial charge in [-0.1, -0.05) is 47.3 Å². The fraction of sp³-hybridized carbons (Fsp3) is 0.826. The largest absolute Gasteiger partial charge is 0.509 e. The van der Waals surface area contributed by atoms with Crippen molar-refractivity contribution in [3.05, 3.63) is 12.7 Å². The van der Waals surface area contributed by atoms with Gasteiger partial charge in [0.15, 0.2) is 21.2 Å². The first-order valence-electron chi connectivity index (χ1n) is 10.9. The van der Waals surface area contributed by atoms with Crippen LogP contribution in [0.5, 0.6) is 0 Å². The molecule has 0 unspecified atom stereocenters. The van der Waals surface area contributed by atoms with Gasteiger partial charge in [0.1, 0.15) is 17.8 Å². The Morgan fingerprint density at radius 2 is 1.72 bits per heavy atom. The highest BCUT2D eigenvalue weighted by Gasteiger charge is 2.53. The lowest BCUT2D eigenvalue weighted by Gasteiger charge is -2.47. The predicted octanol–water partition coefficient (Wildman–Crippen LogP) is 4.82. The fourth-order valence-corrected chi connectivity index (χ4v) is 4.45. The van der Waals surface area contributed by atoms with Crippen LogP contribution in [0.15, 0.2) is 12.7 Å². The summed E-state index contributed by atoms with van der Waals surface area (Å²) in [5.41, 5.74) is -1.54. The molecule has 1 fully saturated rings. The standard InChI is InChI=1S/C23H42O8Si/c1-13-15(29-20(25)30-21(2,3)4)23(8,9)18(26-10)16-17(19(24)28-14-27-16)31-32(11,12)22(5,6)7/h13,15-18H,1,14H2,2-12H3/t15-,16+,17-,18-/m0/s1. The topological polar surface area (TPSA) is 89.5 Å². The molecule has 4 atom stereocenters. The Hall–Kier alpha value is -1.42. The molecule has 0 aliphatic carbocycles. The molecular weight excluding hydrogens is 432 g/mol. The number of hydrogen-bond acceptors (Lipinski definition) is 8. The second-order valence-electron chi connectivity index (χ2n) is 11.2. The third-order valence-electron chi connectivity index (χ3n) is 6.07. The molecule has 1 saturated heterocycles. The van der Waals surface area contributed by atoms with Crippen LogP contribution >= 0.6 is 0 Å². The highest BCUT2D eigenvalue weighted by Crippen LogP contribution is 2.41. The van der Waals surface area contributed by atoms with Crippen LogP contribution in [-0.2, 0) is 32.9 Å². The van der Waals surface area contributed by atoms with E-state index in [0.29, 0.717) is 0 Å². The van der Waals surface area contributed by atoms with Gasteiger partial charge in [0.2, 0.25) is 0 Å². The summed E-state index contributed by atoms with van der Waals surface area (Å²) < 4.78 is 34.1. The molecule has 0 aromatic rings. The highest BCUT2D eigenvalue weighted by atomic mass is 28.4. The van der Waals surface area contributed by atoms with Crippen molar-refractivity contribution in [2.45, 2.75) is 104 Å². The van der Waals surface area contributed by atoms with Crippen LogP contribution in [-0.4, -0.2) is 64.4 Å². The van der Waals surface area contributed by atoms with Crippen molar-refractivity contribution in [2.75, 3.05) is 13.9 Å². The van der Waals surface area contributed by atoms with Crippen molar-refractivity contribution < 1.29 is 37.7 Å². The zero-order chi connectivity index (χ0) is 25.1. The molecule has 0 aromatic heterocycles. The SMILES string of the molecule is C=C[C@H](OC(=O)OC(C)(C)C)C(C)(C)[C@@H](OC)[C@@H]1OCOC(=O)[C@H]1O[Si](C)(C)C(C)(C)C. The van der Waals surface area contributed by atoms with Gasteiger partial charge in [-0.15, -0.1) is 0 Å². The summed E-state index contributed by atoms with van der Waals surface area (Å²) in [6.07, 6.45) is -2.51. The maximum Gasteiger partial charge on any atom is 0.509 e. The molecular formula is C23H42O8Si. The van der Waals surface area contributed by atoms with Crippen molar-refractivity contribution >= 4 is 20.4 Å². The fourth-order valence-electron chi connectivity index (χ4n) is 3.23. The lowest BCUT2D eigenvalue weighted by atomic mass is 9.76. The maximum absolute atomic E-state index is 12.7. The molecule has 32 heavy (non-hydrogen) atoms. The quantitative estimate of drug-likeness (QED) is 0.281. The van der Waals surface area contributed by atoms with Crippen LogP contribution in [0, 0.1) is 5.41 Å². The van der Waals surface area contributed by atoms with Crippen LogP contribution in [0.4, 0.5) is 4.79 Å². The molecule has 1 rings (SSSR count). The second-order valence-corrected chi connectivity index (χ2v) is 16.0. The van der Waals surface area contributed by atoms with Crippen LogP contribution in [0.3, 0.4) is 0 Å². The first-order chi connectivity index (χ1) is 14.4. The lowest BCUT2D eigenvalue weighted by Crippen LogP contribution is -2.61. The van der Waals surface area contributed by atoms with Gasteiger partial charge in [-0.05, 0) is 38.9 Å². The number of methoxy groups -OCH3 is 1. The summed E-state index contributed by atoms with van der Waals surface area (Å²) in [6, 6.07) is 0. The van der Waals surface area contributed by atoms with Crippen molar-refractivity contribution in [1.82, 2.24) is 0 Å². The summed E-state index contributed by atoms with van der Waals surface area (Å²) >= 11 is 0. The minimum atomic E-state index is -2.34. The van der Waals surface area contributed by atoms with Crippen LogP contribution in [0.2, 0.25) is 18.1 Å². The molecule has 1 heterocycles. The number of cyclic esters (lactones) is 1. The Morgan fingerprint density at radius 3 is 2.16 bits per heavy atom. The number of ether oxygens (including phenoxy) is 5. The molecule has 1 aliphatic rings. The minimum absolute atomic E-state index is 0.128. The molecule has 9 heteroatoms. The van der Waals surface area contributed by atoms with Gasteiger partial charge in [0.05, 0.1) is 6.10 Å². The van der Waals surface area contributed by atoms with Crippen molar-refractivity contribution in [1.29, 1.82) is 0 Å². The molecule has 0 saturated carbocycles. The normalized spacial score (nSPS) is 22.5. The van der Waals surface area contributed by atoms with Crippen molar-refractivity contribution in [3.63, 3.8) is 0 Å². The van der Waals surface area contributed by atoms with E-state index in [2.05, 4.69) is 40.4 Å². The number of esters is 1. The number of rotatable bonds is 8. The van der Waals surface area contributed by atoms with Gasteiger partial charge in [-0.25, -0.2) is 9.59 Å². The summed E-state index contributed by atoms with van der Waals surface area (Å²) in [5.74, 6) is -0.493. The molecule has 0 bridgehead atoms. The summed E-state index contributed by atoms with van der Waals surface area (Å²) in [4.78, 5) is 25.1. The van der Waals surface area contributed by atoms with E-state index in [1.165, 1.54) is 13.2 Å². The van der Waals surface area contributed by atoms with E-state index in [4.69, 9.17) is 28.1 Å². The first-order valence-corrected chi connectivity index (χ1v) is 13.8. The molecule has 0 radical (unpaired) electrons. The van der Waals surface area contributed by atoms with Gasteiger partial charge in [-0.3, -0.25) is 0 Å². The summed E-state index contributed by atoms with van der Waals surface area (Å²) in [6.45, 7) is 22.9. The number of hydrogen-bond donors (Lipinski definition) is 0. The first kappa shape index (κ1) is 28.6. The number of carbonyl (C=O) groups is 2. The van der Waals surface area contributed by atoms with E-state index in [1.807, 2.05) is 13.8 Å². The molecule has 0 aromatic carbocycles. The van der Waals surface area contributed by atoms with E-state index in [-0.39, 0.29) is 11.8 Å². The van der Waals surface area contributed by atoms with E-state index in [0.717, 1.165) is 0 Å². The monoisotopic (exact) mass is 474 g/mol. The van der Waals surface area contributed by atoms with Gasteiger partial charge >= 0.3 is 12.1 Å². The van der Waals surface area contributed by atoms with Crippen LogP contribution < -0.4 is 0 Å². The maximum atomic E-state index is 12.7. The average Bonchev–Trinajstić information content (AvgIpc) is 2.60.